The molecule has 1 aliphatic rings. The molecule has 1 aromatic carbocycles. The minimum Gasteiger partial charge on any atom is -0.393 e. The number of aliphatic hydroxyl groups is 1. The van der Waals surface area contributed by atoms with Crippen LogP contribution >= 0.6 is 0 Å². The summed E-state index contributed by atoms with van der Waals surface area (Å²) in [5, 5.41) is 9.47. The van der Waals surface area contributed by atoms with E-state index in [0.717, 1.165) is 18.4 Å². The molecule has 1 aromatic rings. The molecule has 4 heteroatoms. The molecule has 100 valence electrons. The number of rotatable bonds is 6. The average Bonchev–Trinajstić information content (AvgIpc) is 2.84. The fraction of sp³-hybridized carbons (Fsp3) is 0.571. The Morgan fingerprint density at radius 3 is 2.78 bits per heavy atom. The third-order valence-corrected chi connectivity index (χ3v) is 3.24. The largest absolute Gasteiger partial charge is 0.393 e. The van der Waals surface area contributed by atoms with Crippen molar-refractivity contribution in [3.63, 3.8) is 0 Å². The van der Waals surface area contributed by atoms with Gasteiger partial charge in [-0.15, -0.1) is 0 Å². The van der Waals surface area contributed by atoms with E-state index in [0.29, 0.717) is 13.2 Å². The first-order valence-corrected chi connectivity index (χ1v) is 6.21. The Morgan fingerprint density at radius 1 is 1.39 bits per heavy atom. The van der Waals surface area contributed by atoms with Crippen molar-refractivity contribution in [2.75, 3.05) is 20.3 Å². The summed E-state index contributed by atoms with van der Waals surface area (Å²) in [6, 6.07) is 9.96. The van der Waals surface area contributed by atoms with Crippen LogP contribution in [0.25, 0.3) is 0 Å². The Labute approximate surface area is 107 Å². The normalized spacial score (nSPS) is 27.6. The lowest BCUT2D eigenvalue weighted by atomic mass is 10.0. The van der Waals surface area contributed by atoms with Gasteiger partial charge in [0.25, 0.3) is 0 Å². The van der Waals surface area contributed by atoms with E-state index < -0.39 is 5.60 Å². The maximum Gasteiger partial charge on any atom is 0.158 e. The van der Waals surface area contributed by atoms with Gasteiger partial charge in [-0.3, -0.25) is 0 Å². The van der Waals surface area contributed by atoms with E-state index in [4.69, 9.17) is 14.2 Å². The van der Waals surface area contributed by atoms with Gasteiger partial charge < -0.3 is 19.3 Å². The molecule has 2 rings (SSSR count). The Morgan fingerprint density at radius 2 is 2.17 bits per heavy atom. The molecule has 1 heterocycles. The van der Waals surface area contributed by atoms with Gasteiger partial charge in [-0.25, -0.2) is 0 Å². The summed E-state index contributed by atoms with van der Waals surface area (Å²) in [4.78, 5) is 0. The number of benzene rings is 1. The molecule has 1 N–H and O–H groups in total. The van der Waals surface area contributed by atoms with Crippen molar-refractivity contribution in [2.45, 2.75) is 31.3 Å². The lowest BCUT2D eigenvalue weighted by Gasteiger charge is -2.26. The highest BCUT2D eigenvalue weighted by molar-refractivity contribution is 5.13. The highest BCUT2D eigenvalue weighted by Gasteiger charge is 2.40. The second-order valence-corrected chi connectivity index (χ2v) is 4.64. The average molecular weight is 252 g/mol. The van der Waals surface area contributed by atoms with Gasteiger partial charge in [-0.05, 0) is 12.0 Å². The zero-order valence-electron chi connectivity index (χ0n) is 10.7. The number of methoxy groups -OCH3 is 1. The number of hydrogen-bond donors (Lipinski definition) is 1. The highest BCUT2D eigenvalue weighted by atomic mass is 16.7. The fourth-order valence-corrected chi connectivity index (χ4v) is 2.14. The minimum atomic E-state index is -0.602. The van der Waals surface area contributed by atoms with Crippen LogP contribution in [-0.4, -0.2) is 37.3 Å². The molecule has 1 saturated heterocycles. The maximum absolute atomic E-state index is 9.47. The van der Waals surface area contributed by atoms with Crippen molar-refractivity contribution >= 4 is 0 Å². The van der Waals surface area contributed by atoms with E-state index in [2.05, 4.69) is 0 Å². The molecule has 1 aliphatic heterocycles. The van der Waals surface area contributed by atoms with Gasteiger partial charge in [-0.2, -0.15) is 0 Å². The molecule has 1 fully saturated rings. The van der Waals surface area contributed by atoms with Crippen molar-refractivity contribution in [1.29, 1.82) is 0 Å². The summed E-state index contributed by atoms with van der Waals surface area (Å²) in [5.41, 5.74) is 0.516. The first kappa shape index (κ1) is 13.5. The van der Waals surface area contributed by atoms with E-state index in [1.807, 2.05) is 30.3 Å². The Bertz CT molecular complexity index is 354. The first-order valence-electron chi connectivity index (χ1n) is 6.21. The number of hydrogen-bond acceptors (Lipinski definition) is 4. The molecule has 2 atom stereocenters. The summed E-state index contributed by atoms with van der Waals surface area (Å²) in [6.45, 7) is 0.878. The van der Waals surface area contributed by atoms with Gasteiger partial charge in [0.15, 0.2) is 6.29 Å². The quantitative estimate of drug-likeness (QED) is 0.837. The predicted molar refractivity (Wildman–Crippen MR) is 67.0 cm³/mol. The molecule has 0 amide bonds. The van der Waals surface area contributed by atoms with Gasteiger partial charge in [0, 0.05) is 13.5 Å². The highest BCUT2D eigenvalue weighted by Crippen LogP contribution is 2.30. The smallest absolute Gasteiger partial charge is 0.158 e. The van der Waals surface area contributed by atoms with Crippen LogP contribution in [0, 0.1) is 0 Å². The molecule has 18 heavy (non-hydrogen) atoms. The molecule has 0 bridgehead atoms. The van der Waals surface area contributed by atoms with Crippen molar-refractivity contribution in [2.24, 2.45) is 0 Å². The van der Waals surface area contributed by atoms with Crippen LogP contribution in [0.1, 0.15) is 18.4 Å². The van der Waals surface area contributed by atoms with Gasteiger partial charge in [0.2, 0.25) is 0 Å². The molecule has 0 unspecified atom stereocenters. The van der Waals surface area contributed by atoms with Crippen molar-refractivity contribution < 1.29 is 19.3 Å². The molecule has 0 aromatic heterocycles. The van der Waals surface area contributed by atoms with Crippen LogP contribution in [0.2, 0.25) is 0 Å². The lowest BCUT2D eigenvalue weighted by Crippen LogP contribution is -2.39. The molecule has 4 nitrogen and oxygen atoms in total. The summed E-state index contributed by atoms with van der Waals surface area (Å²) >= 11 is 0. The third kappa shape index (κ3) is 3.29. The fourth-order valence-electron chi connectivity index (χ4n) is 2.14. The standard InChI is InChI=1S/C14H20O4/c1-16-13-7-8-14(10-15,18-13)11-17-9-12-5-3-2-4-6-12/h2-6,13,15H,7-11H2,1H3/t13-,14+/m0/s1. The summed E-state index contributed by atoms with van der Waals surface area (Å²) in [5.74, 6) is 0. The summed E-state index contributed by atoms with van der Waals surface area (Å²) in [7, 11) is 1.61. The minimum absolute atomic E-state index is 0.0400. The van der Waals surface area contributed by atoms with Crippen molar-refractivity contribution in [1.82, 2.24) is 0 Å². The zero-order valence-corrected chi connectivity index (χ0v) is 10.7. The van der Waals surface area contributed by atoms with Gasteiger partial charge in [0.1, 0.15) is 5.60 Å². The molecule has 0 saturated carbocycles. The van der Waals surface area contributed by atoms with E-state index in [1.54, 1.807) is 7.11 Å². The van der Waals surface area contributed by atoms with Crippen LogP contribution in [0.5, 0.6) is 0 Å². The molecule has 0 radical (unpaired) electrons. The first-order chi connectivity index (χ1) is 8.78. The van der Waals surface area contributed by atoms with E-state index >= 15 is 0 Å². The molecule has 0 aliphatic carbocycles. The van der Waals surface area contributed by atoms with Crippen molar-refractivity contribution in [3.05, 3.63) is 35.9 Å². The number of ether oxygens (including phenoxy) is 3. The van der Waals surface area contributed by atoms with Crippen LogP contribution < -0.4 is 0 Å². The van der Waals surface area contributed by atoms with Gasteiger partial charge in [0.05, 0.1) is 19.8 Å². The van der Waals surface area contributed by atoms with Crippen LogP contribution in [0.15, 0.2) is 30.3 Å². The molecular weight excluding hydrogens is 232 g/mol. The Balaban J connectivity index is 1.81. The van der Waals surface area contributed by atoms with E-state index in [1.165, 1.54) is 0 Å². The van der Waals surface area contributed by atoms with E-state index in [-0.39, 0.29) is 12.9 Å². The van der Waals surface area contributed by atoms with E-state index in [9.17, 15) is 5.11 Å². The molecule has 0 spiro atoms. The second-order valence-electron chi connectivity index (χ2n) is 4.64. The maximum atomic E-state index is 9.47. The van der Waals surface area contributed by atoms with Gasteiger partial charge in [-0.1, -0.05) is 30.3 Å². The van der Waals surface area contributed by atoms with Crippen molar-refractivity contribution in [3.8, 4) is 0 Å². The topological polar surface area (TPSA) is 47.9 Å². The number of aliphatic hydroxyl groups excluding tert-OH is 1. The monoisotopic (exact) mass is 252 g/mol. The third-order valence-electron chi connectivity index (χ3n) is 3.24. The van der Waals surface area contributed by atoms with Crippen LogP contribution in [0.4, 0.5) is 0 Å². The van der Waals surface area contributed by atoms with Gasteiger partial charge >= 0.3 is 0 Å². The zero-order chi connectivity index (χ0) is 12.8. The van der Waals surface area contributed by atoms with Crippen LogP contribution in [0.3, 0.4) is 0 Å². The molecular formula is C14H20O4. The summed E-state index contributed by atoms with van der Waals surface area (Å²) in [6.07, 6.45) is 1.33. The lowest BCUT2D eigenvalue weighted by molar-refractivity contribution is -0.186. The Kier molecular flexibility index (Phi) is 4.72. The second kappa shape index (κ2) is 6.29. The summed E-state index contributed by atoms with van der Waals surface area (Å²) < 4.78 is 16.5. The van der Waals surface area contributed by atoms with Crippen LogP contribution in [-0.2, 0) is 20.8 Å². The predicted octanol–water partition coefficient (Wildman–Crippen LogP) is 1.72. The Hall–Kier alpha value is -0.940. The SMILES string of the molecule is CO[C@@H]1CC[C@@](CO)(COCc2ccccc2)O1.